The largest absolute Gasteiger partial charge is 0.303 e. The maximum Gasteiger partial charge on any atom is 0.243 e. The monoisotopic (exact) mass is 250 g/mol. The summed E-state index contributed by atoms with van der Waals surface area (Å²) in [6.45, 7) is 0. The van der Waals surface area contributed by atoms with Gasteiger partial charge in [-0.15, -0.1) is 0 Å². The summed E-state index contributed by atoms with van der Waals surface area (Å²) in [5.41, 5.74) is 0. The van der Waals surface area contributed by atoms with E-state index in [1.807, 2.05) is 0 Å². The summed E-state index contributed by atoms with van der Waals surface area (Å²) in [4.78, 5) is 22.8. The molecule has 0 aromatic heterocycles. The van der Waals surface area contributed by atoms with Gasteiger partial charge >= 0.3 is 0 Å². The van der Waals surface area contributed by atoms with E-state index in [2.05, 4.69) is 10.6 Å². The Morgan fingerprint density at radius 1 is 1.00 bits per heavy atom. The Balaban J connectivity index is 1.52. The summed E-state index contributed by atoms with van der Waals surface area (Å²) in [7, 11) is 0. The number of amides is 2. The van der Waals surface area contributed by atoms with Crippen LogP contribution < -0.4 is 10.6 Å². The molecule has 2 N–H and O–H groups in total. The molecule has 3 unspecified atom stereocenters. The second-order valence-corrected chi connectivity index (χ2v) is 6.13. The summed E-state index contributed by atoms with van der Waals surface area (Å²) in [5.74, 6) is 1.60. The predicted molar refractivity (Wildman–Crippen MR) is 67.8 cm³/mol. The Morgan fingerprint density at radius 3 is 2.56 bits per heavy atom. The van der Waals surface area contributed by atoms with Crippen LogP contribution in [0.15, 0.2) is 0 Å². The molecular weight excluding hydrogens is 228 g/mol. The van der Waals surface area contributed by atoms with Crippen LogP contribution in [0.1, 0.15) is 51.4 Å². The van der Waals surface area contributed by atoms with Crippen molar-refractivity contribution in [1.82, 2.24) is 10.6 Å². The number of piperidine rings is 1. The van der Waals surface area contributed by atoms with Gasteiger partial charge in [0.25, 0.3) is 0 Å². The molecule has 2 saturated carbocycles. The molecule has 1 aliphatic heterocycles. The van der Waals surface area contributed by atoms with E-state index in [0.717, 1.165) is 11.8 Å². The normalized spacial score (nSPS) is 37.4. The summed E-state index contributed by atoms with van der Waals surface area (Å²) < 4.78 is 0. The minimum absolute atomic E-state index is 0.125. The molecule has 0 radical (unpaired) electrons. The highest BCUT2D eigenvalue weighted by Gasteiger charge is 2.36. The lowest BCUT2D eigenvalue weighted by Gasteiger charge is -2.33. The molecule has 3 rings (SSSR count). The Bertz CT molecular complexity index is 352. The lowest BCUT2D eigenvalue weighted by molar-refractivity contribution is -0.135. The number of carbonyl (C=O) groups is 2. The van der Waals surface area contributed by atoms with Gasteiger partial charge in [-0.2, -0.15) is 0 Å². The standard InChI is InChI=1S/C14H22N2O2/c17-13-7-6-12(14(18)16-13)15-11-3-1-2-10(8-11)9-4-5-9/h9-12,15H,1-8H2,(H,16,17,18). The molecular formula is C14H22N2O2. The van der Waals surface area contributed by atoms with Crippen molar-refractivity contribution in [2.75, 3.05) is 0 Å². The van der Waals surface area contributed by atoms with Crippen LogP contribution >= 0.6 is 0 Å². The second kappa shape index (κ2) is 5.00. The van der Waals surface area contributed by atoms with E-state index in [9.17, 15) is 9.59 Å². The zero-order valence-electron chi connectivity index (χ0n) is 10.8. The molecule has 3 aliphatic rings. The molecule has 0 aromatic carbocycles. The van der Waals surface area contributed by atoms with Gasteiger partial charge in [0.15, 0.2) is 0 Å². The molecule has 100 valence electrons. The summed E-state index contributed by atoms with van der Waals surface area (Å²) in [6, 6.07) is 0.332. The molecule has 4 nitrogen and oxygen atoms in total. The molecule has 0 bridgehead atoms. The van der Waals surface area contributed by atoms with Gasteiger partial charge in [-0.05, 0) is 43.9 Å². The fraction of sp³-hybridized carbons (Fsp3) is 0.857. The van der Waals surface area contributed by atoms with Crippen LogP contribution in [0.5, 0.6) is 0 Å². The van der Waals surface area contributed by atoms with Crippen molar-refractivity contribution in [3.63, 3.8) is 0 Å². The van der Waals surface area contributed by atoms with Crippen LogP contribution in [0, 0.1) is 11.8 Å². The number of hydrogen-bond acceptors (Lipinski definition) is 3. The highest BCUT2D eigenvalue weighted by atomic mass is 16.2. The zero-order valence-corrected chi connectivity index (χ0v) is 10.8. The van der Waals surface area contributed by atoms with E-state index in [1.165, 1.54) is 38.5 Å². The third-order valence-corrected chi connectivity index (χ3v) is 4.68. The van der Waals surface area contributed by atoms with E-state index in [-0.39, 0.29) is 17.9 Å². The number of rotatable bonds is 3. The van der Waals surface area contributed by atoms with Crippen molar-refractivity contribution in [1.29, 1.82) is 0 Å². The van der Waals surface area contributed by atoms with Gasteiger partial charge in [0.2, 0.25) is 11.8 Å². The molecule has 18 heavy (non-hydrogen) atoms. The first-order valence-electron chi connectivity index (χ1n) is 7.32. The third kappa shape index (κ3) is 2.74. The Kier molecular flexibility index (Phi) is 3.37. The van der Waals surface area contributed by atoms with Gasteiger partial charge in [-0.25, -0.2) is 0 Å². The van der Waals surface area contributed by atoms with Gasteiger partial charge in [0.1, 0.15) is 0 Å². The van der Waals surface area contributed by atoms with Crippen molar-refractivity contribution in [3.8, 4) is 0 Å². The maximum absolute atomic E-state index is 11.7. The van der Waals surface area contributed by atoms with Gasteiger partial charge in [0, 0.05) is 12.5 Å². The highest BCUT2D eigenvalue weighted by molar-refractivity contribution is 6.00. The van der Waals surface area contributed by atoms with E-state index in [1.54, 1.807) is 0 Å². The fourth-order valence-corrected chi connectivity index (χ4v) is 3.51. The Hall–Kier alpha value is -0.900. The lowest BCUT2D eigenvalue weighted by atomic mass is 9.82. The molecule has 1 saturated heterocycles. The summed E-state index contributed by atoms with van der Waals surface area (Å²) >= 11 is 0. The van der Waals surface area contributed by atoms with Gasteiger partial charge in [-0.1, -0.05) is 12.8 Å². The van der Waals surface area contributed by atoms with E-state index in [4.69, 9.17) is 0 Å². The first kappa shape index (κ1) is 12.2. The van der Waals surface area contributed by atoms with Gasteiger partial charge in [-0.3, -0.25) is 14.9 Å². The molecule has 3 atom stereocenters. The molecule has 2 aliphatic carbocycles. The van der Waals surface area contributed by atoms with E-state index < -0.39 is 0 Å². The average molecular weight is 250 g/mol. The van der Waals surface area contributed by atoms with Crippen LogP contribution in [0.25, 0.3) is 0 Å². The topological polar surface area (TPSA) is 58.2 Å². The van der Waals surface area contributed by atoms with Crippen molar-refractivity contribution in [3.05, 3.63) is 0 Å². The lowest BCUT2D eigenvalue weighted by Crippen LogP contribution is -2.54. The minimum Gasteiger partial charge on any atom is -0.303 e. The highest BCUT2D eigenvalue weighted by Crippen LogP contribution is 2.43. The quantitative estimate of drug-likeness (QED) is 0.743. The number of carbonyl (C=O) groups excluding carboxylic acids is 2. The van der Waals surface area contributed by atoms with Crippen molar-refractivity contribution >= 4 is 11.8 Å². The number of nitrogens with one attached hydrogen (secondary N) is 2. The molecule has 0 spiro atoms. The average Bonchev–Trinajstić information content (AvgIpc) is 3.17. The van der Waals surface area contributed by atoms with Crippen molar-refractivity contribution in [2.45, 2.75) is 63.5 Å². The van der Waals surface area contributed by atoms with E-state index >= 15 is 0 Å². The fourth-order valence-electron chi connectivity index (χ4n) is 3.51. The first-order valence-corrected chi connectivity index (χ1v) is 7.32. The van der Waals surface area contributed by atoms with Crippen LogP contribution in [0.3, 0.4) is 0 Å². The van der Waals surface area contributed by atoms with Crippen LogP contribution in [-0.4, -0.2) is 23.9 Å². The SMILES string of the molecule is O=C1CCC(NC2CCCC(C3CC3)C2)C(=O)N1. The summed E-state index contributed by atoms with van der Waals surface area (Å²) in [6.07, 6.45) is 9.02. The van der Waals surface area contributed by atoms with Crippen LogP contribution in [0.4, 0.5) is 0 Å². The molecule has 1 heterocycles. The smallest absolute Gasteiger partial charge is 0.243 e. The Labute approximate surface area is 108 Å². The second-order valence-electron chi connectivity index (χ2n) is 6.13. The predicted octanol–water partition coefficient (Wildman–Crippen LogP) is 1.35. The van der Waals surface area contributed by atoms with Crippen molar-refractivity contribution in [2.24, 2.45) is 11.8 Å². The van der Waals surface area contributed by atoms with Crippen molar-refractivity contribution < 1.29 is 9.59 Å². The third-order valence-electron chi connectivity index (χ3n) is 4.68. The summed E-state index contributed by atoms with van der Waals surface area (Å²) in [5, 5.41) is 5.90. The van der Waals surface area contributed by atoms with Crippen LogP contribution in [-0.2, 0) is 9.59 Å². The number of imide groups is 1. The van der Waals surface area contributed by atoms with Gasteiger partial charge in [0.05, 0.1) is 6.04 Å². The zero-order chi connectivity index (χ0) is 12.5. The van der Waals surface area contributed by atoms with Gasteiger partial charge < -0.3 is 5.32 Å². The molecule has 0 aromatic rings. The first-order chi connectivity index (χ1) is 8.72. The molecule has 4 heteroatoms. The number of hydrogen-bond donors (Lipinski definition) is 2. The molecule has 3 fully saturated rings. The minimum atomic E-state index is -0.148. The Morgan fingerprint density at radius 2 is 1.83 bits per heavy atom. The molecule has 2 amide bonds. The van der Waals surface area contributed by atoms with E-state index in [0.29, 0.717) is 18.9 Å². The maximum atomic E-state index is 11.7. The van der Waals surface area contributed by atoms with Crippen LogP contribution in [0.2, 0.25) is 0 Å².